The molecule has 1 amide bonds. The van der Waals surface area contributed by atoms with E-state index in [4.69, 9.17) is 4.74 Å². The molecule has 25 heavy (non-hydrogen) atoms. The maximum Gasteiger partial charge on any atom is 0.410 e. The number of piperidine rings is 1. The quantitative estimate of drug-likeness (QED) is 0.887. The lowest BCUT2D eigenvalue weighted by Gasteiger charge is -2.33. The molecule has 1 aliphatic heterocycles. The number of rotatable bonds is 4. The molecule has 0 aliphatic carbocycles. The fourth-order valence-electron chi connectivity index (χ4n) is 2.70. The van der Waals surface area contributed by atoms with Crippen molar-refractivity contribution in [3.63, 3.8) is 0 Å². The molecular formula is C18H28N2O4S. The van der Waals surface area contributed by atoms with E-state index >= 15 is 0 Å². The van der Waals surface area contributed by atoms with Crippen molar-refractivity contribution in [3.05, 3.63) is 29.8 Å². The normalized spacial score (nSPS) is 16.7. The largest absolute Gasteiger partial charge is 0.444 e. The summed E-state index contributed by atoms with van der Waals surface area (Å²) in [6.45, 7) is 8.48. The number of ether oxygens (including phenoxy) is 1. The first-order chi connectivity index (χ1) is 11.6. The number of nitrogens with one attached hydrogen (secondary N) is 1. The van der Waals surface area contributed by atoms with Gasteiger partial charge in [-0.15, -0.1) is 0 Å². The number of carbonyl (C=O) groups excluding carboxylic acids is 1. The SMILES string of the molecule is CCc1ccc(S(=O)(=O)NC2CCN(C(=O)OC(C)(C)C)CC2)cc1. The molecule has 0 spiro atoms. The number of likely N-dealkylation sites (tertiary alicyclic amines) is 1. The molecule has 1 aromatic carbocycles. The molecule has 140 valence electrons. The van der Waals surface area contributed by atoms with Gasteiger partial charge in [-0.1, -0.05) is 19.1 Å². The van der Waals surface area contributed by atoms with Crippen LogP contribution in [0.1, 0.15) is 46.1 Å². The van der Waals surface area contributed by atoms with Gasteiger partial charge in [-0.3, -0.25) is 0 Å². The molecule has 1 aliphatic rings. The van der Waals surface area contributed by atoms with Crippen LogP contribution in [0.15, 0.2) is 29.2 Å². The first-order valence-electron chi connectivity index (χ1n) is 8.70. The second-order valence-corrected chi connectivity index (χ2v) is 9.07. The highest BCUT2D eigenvalue weighted by atomic mass is 32.2. The van der Waals surface area contributed by atoms with Crippen LogP contribution in [-0.2, 0) is 21.2 Å². The Morgan fingerprint density at radius 3 is 2.24 bits per heavy atom. The average molecular weight is 368 g/mol. The maximum absolute atomic E-state index is 12.5. The van der Waals surface area contributed by atoms with Gasteiger partial charge in [-0.05, 0) is 57.7 Å². The zero-order valence-corrected chi connectivity index (χ0v) is 16.2. The van der Waals surface area contributed by atoms with Crippen molar-refractivity contribution in [2.24, 2.45) is 0 Å². The Labute approximate surface area is 150 Å². The van der Waals surface area contributed by atoms with E-state index in [-0.39, 0.29) is 17.0 Å². The topological polar surface area (TPSA) is 75.7 Å². The first-order valence-corrected chi connectivity index (χ1v) is 10.2. The van der Waals surface area contributed by atoms with Crippen molar-refractivity contribution in [3.8, 4) is 0 Å². The Hall–Kier alpha value is -1.60. The molecule has 0 aromatic heterocycles. The van der Waals surface area contributed by atoms with Crippen LogP contribution in [-0.4, -0.2) is 44.1 Å². The Balaban J connectivity index is 1.91. The molecular weight excluding hydrogens is 340 g/mol. The number of benzene rings is 1. The van der Waals surface area contributed by atoms with Crippen molar-refractivity contribution >= 4 is 16.1 Å². The number of nitrogens with zero attached hydrogens (tertiary/aromatic N) is 1. The van der Waals surface area contributed by atoms with Gasteiger partial charge in [0.05, 0.1) is 4.90 Å². The summed E-state index contributed by atoms with van der Waals surface area (Å²) in [7, 11) is -3.54. The van der Waals surface area contributed by atoms with Gasteiger partial charge in [0.25, 0.3) is 0 Å². The summed E-state index contributed by atoms with van der Waals surface area (Å²) < 4.78 is 33.1. The van der Waals surface area contributed by atoms with Crippen molar-refractivity contribution in [1.29, 1.82) is 0 Å². The third-order valence-corrected chi connectivity index (χ3v) is 5.65. The minimum atomic E-state index is -3.54. The van der Waals surface area contributed by atoms with Gasteiger partial charge in [0, 0.05) is 19.1 Å². The van der Waals surface area contributed by atoms with Crippen LogP contribution in [0.2, 0.25) is 0 Å². The summed E-state index contributed by atoms with van der Waals surface area (Å²) in [6, 6.07) is 6.77. The third-order valence-electron chi connectivity index (χ3n) is 4.11. The lowest BCUT2D eigenvalue weighted by atomic mass is 10.1. The highest BCUT2D eigenvalue weighted by molar-refractivity contribution is 7.89. The summed E-state index contributed by atoms with van der Waals surface area (Å²) in [6.07, 6.45) is 1.68. The highest BCUT2D eigenvalue weighted by Gasteiger charge is 2.29. The molecule has 1 N–H and O–H groups in total. The number of aryl methyl sites for hydroxylation is 1. The molecule has 1 fully saturated rings. The molecule has 0 bridgehead atoms. The number of carbonyl (C=O) groups is 1. The van der Waals surface area contributed by atoms with Crippen LogP contribution < -0.4 is 4.72 Å². The van der Waals surface area contributed by atoms with E-state index in [1.165, 1.54) is 0 Å². The molecule has 2 rings (SSSR count). The molecule has 1 saturated heterocycles. The summed E-state index contributed by atoms with van der Waals surface area (Å²) in [5.74, 6) is 0. The van der Waals surface area contributed by atoms with Crippen LogP contribution >= 0.6 is 0 Å². The van der Waals surface area contributed by atoms with Gasteiger partial charge in [0.1, 0.15) is 5.60 Å². The molecule has 6 nitrogen and oxygen atoms in total. The van der Waals surface area contributed by atoms with Gasteiger partial charge in [-0.2, -0.15) is 0 Å². The lowest BCUT2D eigenvalue weighted by Crippen LogP contribution is -2.47. The summed E-state index contributed by atoms with van der Waals surface area (Å²) in [4.78, 5) is 14.0. The molecule has 0 radical (unpaired) electrons. The van der Waals surface area contributed by atoms with Crippen molar-refractivity contribution in [1.82, 2.24) is 9.62 Å². The van der Waals surface area contributed by atoms with Crippen LogP contribution in [0.4, 0.5) is 4.79 Å². The predicted molar refractivity (Wildman–Crippen MR) is 97.0 cm³/mol. The average Bonchev–Trinajstić information content (AvgIpc) is 2.53. The van der Waals surface area contributed by atoms with Gasteiger partial charge in [-0.25, -0.2) is 17.9 Å². The van der Waals surface area contributed by atoms with Crippen LogP contribution in [0.3, 0.4) is 0 Å². The second kappa shape index (κ2) is 7.74. The molecule has 0 unspecified atom stereocenters. The zero-order chi connectivity index (χ0) is 18.7. The first kappa shape index (κ1) is 19.7. The molecule has 7 heteroatoms. The highest BCUT2D eigenvalue weighted by Crippen LogP contribution is 2.18. The molecule has 0 saturated carbocycles. The second-order valence-electron chi connectivity index (χ2n) is 7.36. The third kappa shape index (κ3) is 5.71. The number of sulfonamides is 1. The van der Waals surface area contributed by atoms with Crippen LogP contribution in [0.25, 0.3) is 0 Å². The number of amides is 1. The predicted octanol–water partition coefficient (Wildman–Crippen LogP) is 2.93. The van der Waals surface area contributed by atoms with Gasteiger partial charge < -0.3 is 9.64 Å². The Morgan fingerprint density at radius 2 is 1.76 bits per heavy atom. The molecule has 0 atom stereocenters. The summed E-state index contributed by atoms with van der Waals surface area (Å²) in [5, 5.41) is 0. The van der Waals surface area contributed by atoms with Crippen LogP contribution in [0.5, 0.6) is 0 Å². The summed E-state index contributed by atoms with van der Waals surface area (Å²) >= 11 is 0. The van der Waals surface area contributed by atoms with E-state index in [1.807, 2.05) is 39.8 Å². The Kier molecular flexibility index (Phi) is 6.11. The van der Waals surface area contributed by atoms with Gasteiger partial charge in [0.2, 0.25) is 10.0 Å². The van der Waals surface area contributed by atoms with E-state index in [0.717, 1.165) is 12.0 Å². The van der Waals surface area contributed by atoms with E-state index in [9.17, 15) is 13.2 Å². The minimum absolute atomic E-state index is 0.172. The monoisotopic (exact) mass is 368 g/mol. The van der Waals surface area contributed by atoms with E-state index in [1.54, 1.807) is 17.0 Å². The van der Waals surface area contributed by atoms with Crippen molar-refractivity contribution in [2.45, 2.75) is 63.5 Å². The summed E-state index contributed by atoms with van der Waals surface area (Å²) in [5.41, 5.74) is 0.574. The number of hydrogen-bond donors (Lipinski definition) is 1. The molecule has 1 aromatic rings. The molecule has 1 heterocycles. The van der Waals surface area contributed by atoms with Crippen molar-refractivity contribution in [2.75, 3.05) is 13.1 Å². The maximum atomic E-state index is 12.5. The Morgan fingerprint density at radius 1 is 1.20 bits per heavy atom. The van der Waals surface area contributed by atoms with E-state index in [0.29, 0.717) is 25.9 Å². The standard InChI is InChI=1S/C18H28N2O4S/c1-5-14-6-8-16(9-7-14)25(22,23)19-15-10-12-20(13-11-15)17(21)24-18(2,3)4/h6-9,15,19H,5,10-13H2,1-4H3. The zero-order valence-electron chi connectivity index (χ0n) is 15.4. The van der Waals surface area contributed by atoms with E-state index < -0.39 is 15.6 Å². The fourth-order valence-corrected chi connectivity index (χ4v) is 4.00. The Bertz CT molecular complexity index is 685. The smallest absolute Gasteiger partial charge is 0.410 e. The fraction of sp³-hybridized carbons (Fsp3) is 0.611. The minimum Gasteiger partial charge on any atom is -0.444 e. The lowest BCUT2D eigenvalue weighted by molar-refractivity contribution is 0.0203. The van der Waals surface area contributed by atoms with Gasteiger partial charge in [0.15, 0.2) is 0 Å². The van der Waals surface area contributed by atoms with Gasteiger partial charge >= 0.3 is 6.09 Å². The van der Waals surface area contributed by atoms with E-state index in [2.05, 4.69) is 4.72 Å². The van der Waals surface area contributed by atoms with Crippen molar-refractivity contribution < 1.29 is 17.9 Å². The van der Waals surface area contributed by atoms with Crippen LogP contribution in [0, 0.1) is 0 Å². The number of hydrogen-bond acceptors (Lipinski definition) is 4.